The van der Waals surface area contributed by atoms with Crippen molar-refractivity contribution in [3.8, 4) is 0 Å². The molecule has 2 aromatic rings. The third kappa shape index (κ3) is 4.87. The van der Waals surface area contributed by atoms with Gasteiger partial charge in [0.05, 0.1) is 11.6 Å². The molecule has 1 amide bonds. The van der Waals surface area contributed by atoms with Gasteiger partial charge >= 0.3 is 0 Å². The van der Waals surface area contributed by atoms with Crippen molar-refractivity contribution >= 4 is 5.91 Å². The first-order chi connectivity index (χ1) is 15.4. The van der Waals surface area contributed by atoms with Gasteiger partial charge in [-0.25, -0.2) is 8.78 Å². The van der Waals surface area contributed by atoms with Gasteiger partial charge in [-0.1, -0.05) is 13.3 Å². The quantitative estimate of drug-likeness (QED) is 0.624. The molecule has 1 aromatic heterocycles. The molecule has 174 valence electrons. The lowest BCUT2D eigenvalue weighted by atomic mass is 9.68. The fraction of sp³-hybridized carbons (Fsp3) is 0.600. The van der Waals surface area contributed by atoms with Crippen LogP contribution in [0.2, 0.25) is 0 Å². The van der Waals surface area contributed by atoms with Gasteiger partial charge in [-0.3, -0.25) is 9.89 Å². The smallest absolute Gasteiger partial charge is 0.229 e. The number of aromatic nitrogens is 2. The molecule has 0 unspecified atom stereocenters. The summed E-state index contributed by atoms with van der Waals surface area (Å²) in [5.41, 5.74) is 2.68. The average Bonchev–Trinajstić information content (AvgIpc) is 3.33. The summed E-state index contributed by atoms with van der Waals surface area (Å²) in [7, 11) is 2.15. The highest BCUT2D eigenvalue weighted by molar-refractivity contribution is 5.85. The highest BCUT2D eigenvalue weighted by Gasteiger charge is 2.48. The molecule has 1 spiro atoms. The number of halogens is 2. The second-order valence-corrected chi connectivity index (χ2v) is 9.71. The fourth-order valence-corrected chi connectivity index (χ4v) is 5.49. The molecule has 32 heavy (non-hydrogen) atoms. The van der Waals surface area contributed by atoms with Crippen LogP contribution < -0.4 is 0 Å². The highest BCUT2D eigenvalue weighted by Crippen LogP contribution is 2.49. The van der Waals surface area contributed by atoms with Crippen LogP contribution in [0.3, 0.4) is 0 Å². The third-order valence-corrected chi connectivity index (χ3v) is 7.33. The van der Waals surface area contributed by atoms with E-state index in [0.717, 1.165) is 51.3 Å². The second-order valence-electron chi connectivity index (χ2n) is 9.71. The van der Waals surface area contributed by atoms with Gasteiger partial charge in [0.2, 0.25) is 5.91 Å². The van der Waals surface area contributed by atoms with Crippen LogP contribution in [0.4, 0.5) is 8.78 Å². The Morgan fingerprint density at radius 3 is 2.59 bits per heavy atom. The number of rotatable bonds is 8. The van der Waals surface area contributed by atoms with E-state index in [-0.39, 0.29) is 17.9 Å². The Kier molecular flexibility index (Phi) is 6.93. The summed E-state index contributed by atoms with van der Waals surface area (Å²) in [6.07, 6.45) is 8.78. The Bertz CT molecular complexity index is 916. The number of benzene rings is 1. The number of carbonyl (C=O) groups is 1. The number of unbranched alkanes of at least 4 members (excludes halogenated alkanes) is 1. The Balaban J connectivity index is 1.36. The van der Waals surface area contributed by atoms with Crippen LogP contribution >= 0.6 is 0 Å². The minimum Gasteiger partial charge on any atom is -0.338 e. The number of hydrogen-bond acceptors (Lipinski definition) is 3. The van der Waals surface area contributed by atoms with Crippen LogP contribution in [-0.4, -0.2) is 46.0 Å². The number of amides is 1. The molecule has 2 heterocycles. The van der Waals surface area contributed by atoms with Crippen molar-refractivity contribution in [3.63, 3.8) is 0 Å². The predicted molar refractivity (Wildman–Crippen MR) is 120 cm³/mol. The van der Waals surface area contributed by atoms with E-state index in [0.29, 0.717) is 18.0 Å². The van der Waals surface area contributed by atoms with Gasteiger partial charge in [-0.05, 0) is 69.8 Å². The Hall–Kier alpha value is -2.28. The van der Waals surface area contributed by atoms with Gasteiger partial charge in [0.15, 0.2) is 0 Å². The van der Waals surface area contributed by atoms with Crippen molar-refractivity contribution < 1.29 is 13.6 Å². The van der Waals surface area contributed by atoms with Gasteiger partial charge in [0, 0.05) is 42.9 Å². The van der Waals surface area contributed by atoms with Gasteiger partial charge in [-0.2, -0.15) is 5.10 Å². The van der Waals surface area contributed by atoms with Crippen molar-refractivity contribution in [1.82, 2.24) is 20.0 Å². The molecule has 4 rings (SSSR count). The first-order valence-corrected chi connectivity index (χ1v) is 11.9. The number of H-pyrrole nitrogens is 1. The fourth-order valence-electron chi connectivity index (χ4n) is 5.49. The maximum Gasteiger partial charge on any atom is 0.229 e. The number of carbonyl (C=O) groups excluding carboxylic acids is 1. The molecular weight excluding hydrogens is 410 g/mol. The van der Waals surface area contributed by atoms with Crippen molar-refractivity contribution in [1.29, 1.82) is 0 Å². The predicted octanol–water partition coefficient (Wildman–Crippen LogP) is 5.00. The molecule has 0 bridgehead atoms. The summed E-state index contributed by atoms with van der Waals surface area (Å²) in [6, 6.07) is 3.49. The monoisotopic (exact) mass is 444 g/mol. The van der Waals surface area contributed by atoms with Crippen LogP contribution in [-0.2, 0) is 17.9 Å². The topological polar surface area (TPSA) is 52.2 Å². The van der Waals surface area contributed by atoms with Crippen molar-refractivity contribution in [2.75, 3.05) is 20.1 Å². The minimum absolute atomic E-state index is 0.143. The standard InChI is InChI=1S/C25H34F2N4O/c1-3-4-10-30(2)17-20-15-28-29-23(20)19-5-7-25(8-6-19)9-11-31(24(25)32)16-18-12-21(26)14-22(27)13-18/h12-15,19H,3-11,16-17H2,1-2H3,(H,28,29). The molecule has 0 atom stereocenters. The summed E-state index contributed by atoms with van der Waals surface area (Å²) in [5, 5.41) is 7.56. The first-order valence-electron chi connectivity index (χ1n) is 11.9. The van der Waals surface area contributed by atoms with Gasteiger partial charge in [-0.15, -0.1) is 0 Å². The van der Waals surface area contributed by atoms with Crippen LogP contribution in [0.25, 0.3) is 0 Å². The largest absolute Gasteiger partial charge is 0.338 e. The number of hydrogen-bond donors (Lipinski definition) is 1. The Labute approximate surface area is 189 Å². The highest BCUT2D eigenvalue weighted by atomic mass is 19.1. The van der Waals surface area contributed by atoms with E-state index in [2.05, 4.69) is 29.1 Å². The maximum atomic E-state index is 13.5. The molecule has 0 radical (unpaired) electrons. The van der Waals surface area contributed by atoms with E-state index in [1.54, 1.807) is 4.90 Å². The van der Waals surface area contributed by atoms with Crippen LogP contribution in [0.1, 0.15) is 74.6 Å². The Morgan fingerprint density at radius 1 is 1.19 bits per heavy atom. The minimum atomic E-state index is -0.599. The number of aromatic amines is 1. The molecule has 1 aliphatic carbocycles. The van der Waals surface area contributed by atoms with E-state index in [4.69, 9.17) is 0 Å². The number of likely N-dealkylation sites (tertiary alicyclic amines) is 1. The lowest BCUT2D eigenvalue weighted by molar-refractivity contribution is -0.138. The zero-order chi connectivity index (χ0) is 22.7. The molecule has 1 saturated heterocycles. The summed E-state index contributed by atoms with van der Waals surface area (Å²) in [6.45, 7) is 5.10. The average molecular weight is 445 g/mol. The molecule has 7 heteroatoms. The summed E-state index contributed by atoms with van der Waals surface area (Å²) in [5.74, 6) is -0.656. The molecule has 1 aliphatic heterocycles. The first kappa shape index (κ1) is 22.9. The Morgan fingerprint density at radius 2 is 1.91 bits per heavy atom. The SMILES string of the molecule is CCCCN(C)Cc1cn[nH]c1C1CCC2(CC1)CCN(Cc1cc(F)cc(F)c1)C2=O. The molecule has 1 saturated carbocycles. The van der Waals surface area contributed by atoms with Crippen molar-refractivity contribution in [3.05, 3.63) is 52.9 Å². The van der Waals surface area contributed by atoms with E-state index in [1.807, 2.05) is 6.20 Å². The molecule has 1 aromatic carbocycles. The van der Waals surface area contributed by atoms with E-state index in [9.17, 15) is 13.6 Å². The molecule has 2 fully saturated rings. The molecule has 1 N–H and O–H groups in total. The number of nitrogens with one attached hydrogen (secondary N) is 1. The molecule has 5 nitrogen and oxygen atoms in total. The normalized spacial score (nSPS) is 23.6. The van der Waals surface area contributed by atoms with Gasteiger partial charge in [0.25, 0.3) is 0 Å². The summed E-state index contributed by atoms with van der Waals surface area (Å²) < 4.78 is 27.1. The maximum absolute atomic E-state index is 13.5. The van der Waals surface area contributed by atoms with E-state index >= 15 is 0 Å². The zero-order valence-electron chi connectivity index (χ0n) is 19.2. The lowest BCUT2D eigenvalue weighted by Gasteiger charge is -2.36. The molecular formula is C25H34F2N4O. The summed E-state index contributed by atoms with van der Waals surface area (Å²) >= 11 is 0. The summed E-state index contributed by atoms with van der Waals surface area (Å²) in [4.78, 5) is 17.4. The van der Waals surface area contributed by atoms with Crippen molar-refractivity contribution in [2.45, 2.75) is 70.9 Å². The van der Waals surface area contributed by atoms with Crippen LogP contribution in [0.5, 0.6) is 0 Å². The second kappa shape index (κ2) is 9.69. The van der Waals surface area contributed by atoms with E-state index in [1.165, 1.54) is 36.2 Å². The lowest BCUT2D eigenvalue weighted by Crippen LogP contribution is -2.37. The van der Waals surface area contributed by atoms with Crippen molar-refractivity contribution in [2.24, 2.45) is 5.41 Å². The molecule has 2 aliphatic rings. The van der Waals surface area contributed by atoms with Gasteiger partial charge in [0.1, 0.15) is 11.6 Å². The van der Waals surface area contributed by atoms with E-state index < -0.39 is 11.6 Å². The van der Waals surface area contributed by atoms with Gasteiger partial charge < -0.3 is 9.80 Å². The number of nitrogens with zero attached hydrogens (tertiary/aromatic N) is 3. The zero-order valence-corrected chi connectivity index (χ0v) is 19.2. The van der Waals surface area contributed by atoms with Crippen LogP contribution in [0, 0.1) is 17.0 Å². The third-order valence-electron chi connectivity index (χ3n) is 7.33. The van der Waals surface area contributed by atoms with Crippen LogP contribution in [0.15, 0.2) is 24.4 Å².